The van der Waals surface area contributed by atoms with Gasteiger partial charge in [-0.25, -0.2) is 9.18 Å². The molecule has 0 unspecified atom stereocenters. The Balaban J connectivity index is 1.34. The fourth-order valence-electron chi connectivity index (χ4n) is 5.62. The van der Waals surface area contributed by atoms with E-state index >= 15 is 0 Å². The smallest absolute Gasteiger partial charge is 0.343 e. The number of halogens is 1. The van der Waals surface area contributed by atoms with E-state index in [2.05, 4.69) is 13.8 Å². The van der Waals surface area contributed by atoms with Gasteiger partial charge in [-0.3, -0.25) is 0 Å². The standard InChI is InChI=1S/C34H49FO3/c1-3-5-7-8-10-13-29-19-24-33(32(35)26-29)38-34(36)30-20-22-31(23-21-30)37-25-11-14-28-17-15-27(16-18-28)12-9-6-4-2/h19-24,26-28H,3-18,25H2,1-2H3/t27-,28-. The molecule has 1 aliphatic carbocycles. The van der Waals surface area contributed by atoms with Gasteiger partial charge in [-0.15, -0.1) is 0 Å². The number of esters is 1. The molecule has 38 heavy (non-hydrogen) atoms. The van der Waals surface area contributed by atoms with Crippen LogP contribution in [0.1, 0.15) is 126 Å². The van der Waals surface area contributed by atoms with Crippen molar-refractivity contribution in [3.8, 4) is 11.5 Å². The molecule has 0 saturated heterocycles. The number of hydrogen-bond donors (Lipinski definition) is 0. The maximum absolute atomic E-state index is 14.5. The Labute approximate surface area is 230 Å². The van der Waals surface area contributed by atoms with E-state index in [1.54, 1.807) is 30.3 Å². The molecule has 0 aliphatic heterocycles. The van der Waals surface area contributed by atoms with E-state index in [0.717, 1.165) is 48.8 Å². The lowest BCUT2D eigenvalue weighted by Crippen LogP contribution is -2.15. The number of benzene rings is 2. The number of carbonyl (C=O) groups excluding carboxylic acids is 1. The number of hydrogen-bond acceptors (Lipinski definition) is 3. The quantitative estimate of drug-likeness (QED) is 0.117. The average molecular weight is 525 g/mol. The molecule has 0 N–H and O–H groups in total. The molecule has 2 aromatic carbocycles. The SMILES string of the molecule is CCCCCCCc1ccc(OC(=O)c2ccc(OCCC[C@H]3CC[C@H](CCCCC)CC3)cc2)c(F)c1. The lowest BCUT2D eigenvalue weighted by molar-refractivity contribution is 0.0727. The van der Waals surface area contributed by atoms with Crippen LogP contribution in [0.5, 0.6) is 11.5 Å². The molecule has 0 amide bonds. The van der Waals surface area contributed by atoms with Gasteiger partial charge in [-0.1, -0.05) is 97.0 Å². The van der Waals surface area contributed by atoms with Gasteiger partial charge in [0.25, 0.3) is 0 Å². The maximum atomic E-state index is 14.5. The Hall–Kier alpha value is -2.36. The van der Waals surface area contributed by atoms with Crippen LogP contribution < -0.4 is 9.47 Å². The van der Waals surface area contributed by atoms with Crippen LogP contribution in [0, 0.1) is 17.7 Å². The highest BCUT2D eigenvalue weighted by atomic mass is 19.1. The third-order valence-electron chi connectivity index (χ3n) is 8.07. The molecule has 0 aromatic heterocycles. The molecule has 3 rings (SSSR count). The van der Waals surface area contributed by atoms with Crippen molar-refractivity contribution in [2.75, 3.05) is 6.61 Å². The number of unbranched alkanes of at least 4 members (excludes halogenated alkanes) is 6. The zero-order valence-corrected chi connectivity index (χ0v) is 23.8. The molecular formula is C34H49FO3. The first-order chi connectivity index (χ1) is 18.6. The van der Waals surface area contributed by atoms with E-state index in [0.29, 0.717) is 12.2 Å². The van der Waals surface area contributed by atoms with Gasteiger partial charge in [0.2, 0.25) is 0 Å². The molecule has 0 radical (unpaired) electrons. The first-order valence-electron chi connectivity index (χ1n) is 15.3. The van der Waals surface area contributed by atoms with Crippen LogP contribution in [0.15, 0.2) is 42.5 Å². The van der Waals surface area contributed by atoms with Crippen molar-refractivity contribution < 1.29 is 18.7 Å². The lowest BCUT2D eigenvalue weighted by atomic mass is 9.78. The highest BCUT2D eigenvalue weighted by molar-refractivity contribution is 5.91. The number of rotatable bonds is 17. The van der Waals surface area contributed by atoms with Gasteiger partial charge in [-0.2, -0.15) is 0 Å². The summed E-state index contributed by atoms with van der Waals surface area (Å²) in [4.78, 5) is 12.5. The molecule has 1 fully saturated rings. The zero-order valence-electron chi connectivity index (χ0n) is 23.8. The molecule has 210 valence electrons. The predicted octanol–water partition coefficient (Wildman–Crippen LogP) is 10.1. The average Bonchev–Trinajstić information content (AvgIpc) is 2.93. The molecule has 3 nitrogen and oxygen atoms in total. The normalized spacial score (nSPS) is 17.3. The Kier molecular flexibility index (Phi) is 13.7. The van der Waals surface area contributed by atoms with Gasteiger partial charge in [0.05, 0.1) is 12.2 Å². The molecule has 0 atom stereocenters. The summed E-state index contributed by atoms with van der Waals surface area (Å²) in [7, 11) is 0. The van der Waals surface area contributed by atoms with Crippen molar-refractivity contribution in [2.24, 2.45) is 11.8 Å². The fourth-order valence-corrected chi connectivity index (χ4v) is 5.62. The minimum atomic E-state index is -0.562. The van der Waals surface area contributed by atoms with Crippen LogP contribution in [-0.4, -0.2) is 12.6 Å². The van der Waals surface area contributed by atoms with E-state index in [1.165, 1.54) is 83.1 Å². The zero-order chi connectivity index (χ0) is 27.0. The Morgan fingerprint density at radius 1 is 0.789 bits per heavy atom. The predicted molar refractivity (Wildman–Crippen MR) is 155 cm³/mol. The third-order valence-corrected chi connectivity index (χ3v) is 8.07. The van der Waals surface area contributed by atoms with Gasteiger partial charge in [0, 0.05) is 0 Å². The largest absolute Gasteiger partial charge is 0.494 e. The molecule has 0 spiro atoms. The minimum absolute atomic E-state index is 0.0277. The molecule has 1 saturated carbocycles. The molecule has 0 heterocycles. The van der Waals surface area contributed by atoms with Crippen molar-refractivity contribution in [3.63, 3.8) is 0 Å². The van der Waals surface area contributed by atoms with E-state index in [4.69, 9.17) is 9.47 Å². The van der Waals surface area contributed by atoms with Crippen LogP contribution in [0.2, 0.25) is 0 Å². The Morgan fingerprint density at radius 3 is 2.08 bits per heavy atom. The Morgan fingerprint density at radius 2 is 1.42 bits per heavy atom. The van der Waals surface area contributed by atoms with E-state index in [9.17, 15) is 9.18 Å². The van der Waals surface area contributed by atoms with Crippen molar-refractivity contribution in [1.29, 1.82) is 0 Å². The summed E-state index contributed by atoms with van der Waals surface area (Å²) in [6.07, 6.45) is 20.1. The lowest BCUT2D eigenvalue weighted by Gasteiger charge is -2.28. The summed E-state index contributed by atoms with van der Waals surface area (Å²) >= 11 is 0. The van der Waals surface area contributed by atoms with Crippen LogP contribution in [0.3, 0.4) is 0 Å². The van der Waals surface area contributed by atoms with Crippen molar-refractivity contribution in [2.45, 2.75) is 117 Å². The molecule has 0 bridgehead atoms. The van der Waals surface area contributed by atoms with E-state index < -0.39 is 11.8 Å². The van der Waals surface area contributed by atoms with Crippen LogP contribution >= 0.6 is 0 Å². The highest BCUT2D eigenvalue weighted by Gasteiger charge is 2.20. The first kappa shape index (κ1) is 30.2. The summed E-state index contributed by atoms with van der Waals surface area (Å²) in [5, 5.41) is 0. The summed E-state index contributed by atoms with van der Waals surface area (Å²) < 4.78 is 25.8. The second kappa shape index (κ2) is 17.3. The maximum Gasteiger partial charge on any atom is 0.343 e. The highest BCUT2D eigenvalue weighted by Crippen LogP contribution is 2.34. The van der Waals surface area contributed by atoms with Gasteiger partial charge in [-0.05, 0) is 79.5 Å². The van der Waals surface area contributed by atoms with Crippen molar-refractivity contribution in [1.82, 2.24) is 0 Å². The van der Waals surface area contributed by atoms with Crippen LogP contribution in [0.25, 0.3) is 0 Å². The number of carbonyl (C=O) groups is 1. The van der Waals surface area contributed by atoms with Crippen molar-refractivity contribution >= 4 is 5.97 Å². The molecule has 4 heteroatoms. The number of aryl methyl sites for hydroxylation is 1. The number of ether oxygens (including phenoxy) is 2. The van der Waals surface area contributed by atoms with Gasteiger partial charge >= 0.3 is 5.97 Å². The van der Waals surface area contributed by atoms with Gasteiger partial charge in [0.15, 0.2) is 11.6 Å². The Bertz CT molecular complexity index is 931. The summed E-state index contributed by atoms with van der Waals surface area (Å²) in [5.74, 6) is 1.47. The molecular weight excluding hydrogens is 475 g/mol. The third kappa shape index (κ3) is 10.8. The monoisotopic (exact) mass is 524 g/mol. The topological polar surface area (TPSA) is 35.5 Å². The van der Waals surface area contributed by atoms with Crippen molar-refractivity contribution in [3.05, 3.63) is 59.4 Å². The second-order valence-electron chi connectivity index (χ2n) is 11.2. The van der Waals surface area contributed by atoms with Crippen LogP contribution in [-0.2, 0) is 6.42 Å². The second-order valence-corrected chi connectivity index (χ2v) is 11.2. The molecule has 2 aromatic rings. The minimum Gasteiger partial charge on any atom is -0.494 e. The van der Waals surface area contributed by atoms with Crippen LogP contribution in [0.4, 0.5) is 4.39 Å². The summed E-state index contributed by atoms with van der Waals surface area (Å²) in [6, 6.07) is 11.8. The van der Waals surface area contributed by atoms with Gasteiger partial charge < -0.3 is 9.47 Å². The van der Waals surface area contributed by atoms with E-state index in [1.807, 2.05) is 6.07 Å². The fraction of sp³-hybridized carbons (Fsp3) is 0.618. The molecule has 1 aliphatic rings. The van der Waals surface area contributed by atoms with Gasteiger partial charge in [0.1, 0.15) is 5.75 Å². The van der Waals surface area contributed by atoms with E-state index in [-0.39, 0.29) is 5.75 Å². The summed E-state index contributed by atoms with van der Waals surface area (Å²) in [5.41, 5.74) is 1.32. The first-order valence-corrected chi connectivity index (χ1v) is 15.3. The summed E-state index contributed by atoms with van der Waals surface area (Å²) in [6.45, 7) is 5.16.